The van der Waals surface area contributed by atoms with E-state index in [9.17, 15) is 14.9 Å². The summed E-state index contributed by atoms with van der Waals surface area (Å²) in [5.41, 5.74) is 0.0166. The standard InChI is InChI=1S/C14H19N3O4/c1-16(9-10-5-4-8-15-10)14(18)11-6-3-7-12(17(19)20)13(11)21-2/h3,6-7,10,15H,4-5,8-9H2,1-2H3. The Hall–Kier alpha value is -2.15. The van der Waals surface area contributed by atoms with Gasteiger partial charge in [0.15, 0.2) is 0 Å². The molecule has 114 valence electrons. The molecular weight excluding hydrogens is 274 g/mol. The Labute approximate surface area is 123 Å². The minimum atomic E-state index is -0.547. The zero-order valence-corrected chi connectivity index (χ0v) is 12.2. The first kappa shape index (κ1) is 15.2. The minimum absolute atomic E-state index is 0.0127. The molecule has 1 heterocycles. The predicted molar refractivity (Wildman–Crippen MR) is 77.6 cm³/mol. The lowest BCUT2D eigenvalue weighted by molar-refractivity contribution is -0.385. The first-order valence-corrected chi connectivity index (χ1v) is 6.85. The molecule has 0 aromatic heterocycles. The fraction of sp³-hybridized carbons (Fsp3) is 0.500. The summed E-state index contributed by atoms with van der Waals surface area (Å²) >= 11 is 0. The number of nitro groups is 1. The van der Waals surface area contributed by atoms with Crippen molar-refractivity contribution >= 4 is 11.6 Å². The van der Waals surface area contributed by atoms with E-state index in [2.05, 4.69) is 5.32 Å². The van der Waals surface area contributed by atoms with E-state index in [-0.39, 0.29) is 28.9 Å². The van der Waals surface area contributed by atoms with E-state index < -0.39 is 4.92 Å². The van der Waals surface area contributed by atoms with Crippen molar-refractivity contribution in [3.05, 3.63) is 33.9 Å². The maximum atomic E-state index is 12.5. The highest BCUT2D eigenvalue weighted by Crippen LogP contribution is 2.31. The molecule has 21 heavy (non-hydrogen) atoms. The van der Waals surface area contributed by atoms with Crippen molar-refractivity contribution in [2.45, 2.75) is 18.9 Å². The Bertz CT molecular complexity index is 541. The summed E-state index contributed by atoms with van der Waals surface area (Å²) in [7, 11) is 3.03. The maximum absolute atomic E-state index is 12.5. The summed E-state index contributed by atoms with van der Waals surface area (Å²) in [6.45, 7) is 1.54. The molecule has 0 bridgehead atoms. The summed E-state index contributed by atoms with van der Waals surface area (Å²) in [4.78, 5) is 24.5. The SMILES string of the molecule is COc1c(C(=O)N(C)CC2CCCN2)cccc1[N+](=O)[O-]. The largest absolute Gasteiger partial charge is 0.490 e. The Balaban J connectivity index is 2.21. The van der Waals surface area contributed by atoms with Crippen LogP contribution in [0.4, 0.5) is 5.69 Å². The molecule has 1 atom stereocenters. The lowest BCUT2D eigenvalue weighted by Crippen LogP contribution is -2.38. The Morgan fingerprint density at radius 3 is 2.90 bits per heavy atom. The quantitative estimate of drug-likeness (QED) is 0.655. The number of likely N-dealkylation sites (N-methyl/N-ethyl adjacent to an activating group) is 1. The van der Waals surface area contributed by atoms with Crippen LogP contribution in [0.1, 0.15) is 23.2 Å². The zero-order chi connectivity index (χ0) is 15.4. The number of hydrogen-bond acceptors (Lipinski definition) is 5. The van der Waals surface area contributed by atoms with E-state index in [0.29, 0.717) is 6.54 Å². The van der Waals surface area contributed by atoms with Crippen LogP contribution in [0.3, 0.4) is 0 Å². The molecular formula is C14H19N3O4. The van der Waals surface area contributed by atoms with Crippen molar-refractivity contribution in [3.63, 3.8) is 0 Å². The maximum Gasteiger partial charge on any atom is 0.311 e. The van der Waals surface area contributed by atoms with E-state index in [4.69, 9.17) is 4.74 Å². The van der Waals surface area contributed by atoms with Gasteiger partial charge in [-0.3, -0.25) is 14.9 Å². The molecule has 1 aliphatic heterocycles. The van der Waals surface area contributed by atoms with Gasteiger partial charge in [0.25, 0.3) is 5.91 Å². The highest BCUT2D eigenvalue weighted by atomic mass is 16.6. The molecule has 1 amide bonds. The first-order chi connectivity index (χ1) is 10.0. The number of nitro benzene ring substituents is 1. The van der Waals surface area contributed by atoms with E-state index in [1.807, 2.05) is 0 Å². The zero-order valence-electron chi connectivity index (χ0n) is 12.2. The van der Waals surface area contributed by atoms with Gasteiger partial charge >= 0.3 is 5.69 Å². The van der Waals surface area contributed by atoms with Gasteiger partial charge in [0.2, 0.25) is 5.75 Å². The third kappa shape index (κ3) is 3.30. The second-order valence-electron chi connectivity index (χ2n) is 5.09. The number of carbonyl (C=O) groups excluding carboxylic acids is 1. The number of nitrogens with zero attached hydrogens (tertiary/aromatic N) is 2. The van der Waals surface area contributed by atoms with Crippen molar-refractivity contribution in [2.75, 3.05) is 27.2 Å². The van der Waals surface area contributed by atoms with E-state index in [1.54, 1.807) is 18.0 Å². The third-order valence-corrected chi connectivity index (χ3v) is 3.63. The summed E-state index contributed by atoms with van der Waals surface area (Å²) in [5.74, 6) is -0.261. The number of para-hydroxylation sites is 1. The van der Waals surface area contributed by atoms with Crippen molar-refractivity contribution in [3.8, 4) is 5.75 Å². The van der Waals surface area contributed by atoms with Crippen molar-refractivity contribution < 1.29 is 14.5 Å². The molecule has 1 N–H and O–H groups in total. The van der Waals surface area contributed by atoms with Gasteiger partial charge in [-0.2, -0.15) is 0 Å². The molecule has 1 saturated heterocycles. The molecule has 0 saturated carbocycles. The Kier molecular flexibility index (Phi) is 4.74. The number of ether oxygens (including phenoxy) is 1. The molecule has 7 nitrogen and oxygen atoms in total. The number of rotatable bonds is 5. The number of amides is 1. The molecule has 1 fully saturated rings. The monoisotopic (exact) mass is 293 g/mol. The van der Waals surface area contributed by atoms with E-state index in [1.165, 1.54) is 19.2 Å². The molecule has 1 unspecified atom stereocenters. The normalized spacial score (nSPS) is 17.5. The number of nitrogens with one attached hydrogen (secondary N) is 1. The average molecular weight is 293 g/mol. The van der Waals surface area contributed by atoms with Gasteiger partial charge in [-0.1, -0.05) is 6.07 Å². The Morgan fingerprint density at radius 2 is 2.33 bits per heavy atom. The van der Waals surface area contributed by atoms with Gasteiger partial charge in [-0.15, -0.1) is 0 Å². The van der Waals surface area contributed by atoms with Crippen LogP contribution in [0.25, 0.3) is 0 Å². The number of hydrogen-bond donors (Lipinski definition) is 1. The van der Waals surface area contributed by atoms with Crippen LogP contribution >= 0.6 is 0 Å². The van der Waals surface area contributed by atoms with Gasteiger partial charge < -0.3 is 15.0 Å². The van der Waals surface area contributed by atoms with Crippen LogP contribution in [0, 0.1) is 10.1 Å². The van der Waals surface area contributed by atoms with E-state index >= 15 is 0 Å². The summed E-state index contributed by atoms with van der Waals surface area (Å²) in [5, 5.41) is 14.3. The van der Waals surface area contributed by atoms with Gasteiger partial charge in [0, 0.05) is 25.7 Å². The number of benzene rings is 1. The number of methoxy groups -OCH3 is 1. The van der Waals surface area contributed by atoms with Gasteiger partial charge in [0.05, 0.1) is 17.6 Å². The van der Waals surface area contributed by atoms with Gasteiger partial charge in [-0.05, 0) is 25.5 Å². The number of carbonyl (C=O) groups is 1. The van der Waals surface area contributed by atoms with Crippen LogP contribution in [0.15, 0.2) is 18.2 Å². The predicted octanol–water partition coefficient (Wildman–Crippen LogP) is 1.43. The fourth-order valence-electron chi connectivity index (χ4n) is 2.58. The molecule has 1 aromatic rings. The molecule has 0 radical (unpaired) electrons. The highest BCUT2D eigenvalue weighted by molar-refractivity contribution is 5.98. The highest BCUT2D eigenvalue weighted by Gasteiger charge is 2.26. The van der Waals surface area contributed by atoms with Gasteiger partial charge in [-0.25, -0.2) is 0 Å². The topological polar surface area (TPSA) is 84.7 Å². The van der Waals surface area contributed by atoms with Crippen LogP contribution < -0.4 is 10.1 Å². The second-order valence-corrected chi connectivity index (χ2v) is 5.09. The average Bonchev–Trinajstić information content (AvgIpc) is 2.98. The fourth-order valence-corrected chi connectivity index (χ4v) is 2.58. The molecule has 2 rings (SSSR count). The smallest absolute Gasteiger partial charge is 0.311 e. The molecule has 1 aliphatic rings. The minimum Gasteiger partial charge on any atom is -0.490 e. The molecule has 7 heteroatoms. The van der Waals surface area contributed by atoms with E-state index in [0.717, 1.165) is 19.4 Å². The van der Waals surface area contributed by atoms with Crippen molar-refractivity contribution in [1.29, 1.82) is 0 Å². The van der Waals surface area contributed by atoms with Crippen LogP contribution in [-0.2, 0) is 0 Å². The van der Waals surface area contributed by atoms with Crippen LogP contribution in [-0.4, -0.2) is 49.0 Å². The summed E-state index contributed by atoms with van der Waals surface area (Å²) < 4.78 is 5.07. The van der Waals surface area contributed by atoms with Crippen LogP contribution in [0.2, 0.25) is 0 Å². The molecule has 1 aromatic carbocycles. The molecule has 0 spiro atoms. The van der Waals surface area contributed by atoms with Crippen LogP contribution in [0.5, 0.6) is 5.75 Å². The lowest BCUT2D eigenvalue weighted by Gasteiger charge is -2.22. The van der Waals surface area contributed by atoms with Crippen molar-refractivity contribution in [1.82, 2.24) is 10.2 Å². The summed E-state index contributed by atoms with van der Waals surface area (Å²) in [6, 6.07) is 4.65. The van der Waals surface area contributed by atoms with Gasteiger partial charge in [0.1, 0.15) is 0 Å². The molecule has 0 aliphatic carbocycles. The summed E-state index contributed by atoms with van der Waals surface area (Å²) in [6.07, 6.45) is 2.14. The third-order valence-electron chi connectivity index (χ3n) is 3.63. The second kappa shape index (κ2) is 6.53. The lowest BCUT2D eigenvalue weighted by atomic mass is 10.1. The van der Waals surface area contributed by atoms with Crippen molar-refractivity contribution in [2.24, 2.45) is 0 Å². The Morgan fingerprint density at radius 1 is 1.57 bits per heavy atom. The first-order valence-electron chi connectivity index (χ1n) is 6.85.